The molecule has 0 heterocycles. The van der Waals surface area contributed by atoms with Crippen molar-refractivity contribution < 1.29 is 4.39 Å². The van der Waals surface area contributed by atoms with Crippen LogP contribution < -0.4 is 10.2 Å². The molecule has 0 fully saturated rings. The van der Waals surface area contributed by atoms with Gasteiger partial charge in [-0.15, -0.1) is 0 Å². The Morgan fingerprint density at radius 3 is 2.45 bits per heavy atom. The van der Waals surface area contributed by atoms with Crippen molar-refractivity contribution in [2.24, 2.45) is 0 Å². The highest BCUT2D eigenvalue weighted by atomic mass is 19.1. The SMILES string of the molecule is CC(C)NCc1c(F)cccc1N(C)CCCN(C)C. The maximum atomic E-state index is 14.0. The minimum Gasteiger partial charge on any atom is -0.374 e. The Balaban J connectivity index is 2.74. The second-order valence-corrected chi connectivity index (χ2v) is 5.85. The van der Waals surface area contributed by atoms with Crippen molar-refractivity contribution in [1.82, 2.24) is 10.2 Å². The van der Waals surface area contributed by atoms with Gasteiger partial charge in [0.15, 0.2) is 0 Å². The minimum atomic E-state index is -0.130. The second kappa shape index (κ2) is 8.22. The number of anilines is 1. The van der Waals surface area contributed by atoms with Gasteiger partial charge >= 0.3 is 0 Å². The van der Waals surface area contributed by atoms with Crippen LogP contribution in [0, 0.1) is 5.82 Å². The Bertz CT molecular complexity index is 405. The van der Waals surface area contributed by atoms with E-state index in [1.54, 1.807) is 6.07 Å². The number of rotatable bonds is 8. The summed E-state index contributed by atoms with van der Waals surface area (Å²) in [4.78, 5) is 4.31. The van der Waals surface area contributed by atoms with Crippen molar-refractivity contribution in [3.05, 3.63) is 29.6 Å². The van der Waals surface area contributed by atoms with Gasteiger partial charge in [-0.05, 0) is 39.2 Å². The molecule has 1 aromatic carbocycles. The molecule has 0 atom stereocenters. The van der Waals surface area contributed by atoms with Gasteiger partial charge in [0.1, 0.15) is 5.82 Å². The standard InChI is InChI=1S/C16H28FN3/c1-13(2)18-12-14-15(17)8-6-9-16(14)20(5)11-7-10-19(3)4/h6,8-9,13,18H,7,10-12H2,1-5H3. The third-order valence-corrected chi connectivity index (χ3v) is 3.29. The van der Waals surface area contributed by atoms with Crippen LogP contribution >= 0.6 is 0 Å². The Morgan fingerprint density at radius 1 is 1.15 bits per heavy atom. The van der Waals surface area contributed by atoms with Gasteiger partial charge in [-0.3, -0.25) is 0 Å². The normalized spacial score (nSPS) is 11.4. The first-order valence-electron chi connectivity index (χ1n) is 7.28. The molecule has 0 bridgehead atoms. The van der Waals surface area contributed by atoms with Crippen LogP contribution in [0.3, 0.4) is 0 Å². The Kier molecular flexibility index (Phi) is 6.96. The summed E-state index contributed by atoms with van der Waals surface area (Å²) in [6, 6.07) is 5.66. The lowest BCUT2D eigenvalue weighted by Crippen LogP contribution is -2.27. The zero-order chi connectivity index (χ0) is 15.1. The molecule has 1 aromatic rings. The average molecular weight is 281 g/mol. The summed E-state index contributed by atoms with van der Waals surface area (Å²) in [5.74, 6) is -0.130. The van der Waals surface area contributed by atoms with E-state index in [2.05, 4.69) is 43.1 Å². The largest absolute Gasteiger partial charge is 0.374 e. The van der Waals surface area contributed by atoms with Crippen molar-refractivity contribution in [3.63, 3.8) is 0 Å². The van der Waals surface area contributed by atoms with Gasteiger partial charge in [-0.2, -0.15) is 0 Å². The average Bonchev–Trinajstić information content (AvgIpc) is 2.36. The molecule has 0 aliphatic heterocycles. The number of hydrogen-bond donors (Lipinski definition) is 1. The van der Waals surface area contributed by atoms with Crippen molar-refractivity contribution in [2.75, 3.05) is 39.1 Å². The van der Waals surface area contributed by atoms with E-state index in [1.165, 1.54) is 6.07 Å². The first kappa shape index (κ1) is 16.9. The van der Waals surface area contributed by atoms with Crippen LogP contribution in [0.2, 0.25) is 0 Å². The lowest BCUT2D eigenvalue weighted by atomic mass is 10.1. The molecular formula is C16H28FN3. The van der Waals surface area contributed by atoms with Crippen LogP contribution in [0.25, 0.3) is 0 Å². The van der Waals surface area contributed by atoms with Crippen LogP contribution in [0.15, 0.2) is 18.2 Å². The zero-order valence-electron chi connectivity index (χ0n) is 13.4. The fraction of sp³-hybridized carbons (Fsp3) is 0.625. The smallest absolute Gasteiger partial charge is 0.129 e. The summed E-state index contributed by atoms with van der Waals surface area (Å²) in [6.45, 7) is 6.68. The van der Waals surface area contributed by atoms with Crippen molar-refractivity contribution in [1.29, 1.82) is 0 Å². The third kappa shape index (κ3) is 5.47. The molecular weight excluding hydrogens is 253 g/mol. The van der Waals surface area contributed by atoms with E-state index in [0.717, 1.165) is 30.8 Å². The molecule has 0 unspecified atom stereocenters. The first-order valence-corrected chi connectivity index (χ1v) is 7.28. The van der Waals surface area contributed by atoms with Crippen molar-refractivity contribution >= 4 is 5.69 Å². The van der Waals surface area contributed by atoms with Gasteiger partial charge < -0.3 is 15.1 Å². The number of nitrogens with one attached hydrogen (secondary N) is 1. The minimum absolute atomic E-state index is 0.130. The number of hydrogen-bond acceptors (Lipinski definition) is 3. The zero-order valence-corrected chi connectivity index (χ0v) is 13.4. The first-order chi connectivity index (χ1) is 9.41. The summed E-state index contributed by atoms with van der Waals surface area (Å²) in [5.41, 5.74) is 1.74. The summed E-state index contributed by atoms with van der Waals surface area (Å²) < 4.78 is 14.0. The van der Waals surface area contributed by atoms with E-state index in [4.69, 9.17) is 0 Å². The van der Waals surface area contributed by atoms with Gasteiger partial charge in [0, 0.05) is 37.4 Å². The predicted octanol–water partition coefficient (Wildman–Crippen LogP) is 2.71. The molecule has 0 amide bonds. The Morgan fingerprint density at radius 2 is 1.85 bits per heavy atom. The van der Waals surface area contributed by atoms with E-state index < -0.39 is 0 Å². The molecule has 0 saturated heterocycles. The molecule has 3 nitrogen and oxygen atoms in total. The quantitative estimate of drug-likeness (QED) is 0.790. The van der Waals surface area contributed by atoms with Crippen LogP contribution in [-0.2, 0) is 6.54 Å². The van der Waals surface area contributed by atoms with E-state index in [9.17, 15) is 4.39 Å². The molecule has 114 valence electrons. The molecule has 0 saturated carbocycles. The highest BCUT2D eigenvalue weighted by molar-refractivity contribution is 5.53. The molecule has 0 aliphatic rings. The van der Waals surface area contributed by atoms with Crippen LogP contribution in [-0.4, -0.2) is 45.2 Å². The molecule has 1 N–H and O–H groups in total. The van der Waals surface area contributed by atoms with Crippen LogP contribution in [0.5, 0.6) is 0 Å². The summed E-state index contributed by atoms with van der Waals surface area (Å²) >= 11 is 0. The topological polar surface area (TPSA) is 18.5 Å². The molecule has 4 heteroatoms. The van der Waals surface area contributed by atoms with E-state index in [-0.39, 0.29) is 5.82 Å². The number of halogens is 1. The maximum Gasteiger partial charge on any atom is 0.129 e. The molecule has 0 spiro atoms. The van der Waals surface area contributed by atoms with E-state index in [0.29, 0.717) is 12.6 Å². The van der Waals surface area contributed by atoms with Crippen molar-refractivity contribution in [3.8, 4) is 0 Å². The lowest BCUT2D eigenvalue weighted by Gasteiger charge is -2.24. The molecule has 0 aliphatic carbocycles. The molecule has 0 aromatic heterocycles. The number of benzene rings is 1. The van der Waals surface area contributed by atoms with Gasteiger partial charge in [0.25, 0.3) is 0 Å². The second-order valence-electron chi connectivity index (χ2n) is 5.85. The fourth-order valence-electron chi connectivity index (χ4n) is 2.13. The van der Waals surface area contributed by atoms with E-state index in [1.807, 2.05) is 13.1 Å². The maximum absolute atomic E-state index is 14.0. The van der Waals surface area contributed by atoms with Gasteiger partial charge in [-0.1, -0.05) is 19.9 Å². The van der Waals surface area contributed by atoms with Gasteiger partial charge in [0.05, 0.1) is 0 Å². The summed E-state index contributed by atoms with van der Waals surface area (Å²) in [6.07, 6.45) is 1.07. The number of nitrogens with zero attached hydrogens (tertiary/aromatic N) is 2. The third-order valence-electron chi connectivity index (χ3n) is 3.29. The summed E-state index contributed by atoms with van der Waals surface area (Å²) in [5, 5.41) is 3.30. The molecule has 20 heavy (non-hydrogen) atoms. The van der Waals surface area contributed by atoms with Crippen LogP contribution in [0.4, 0.5) is 10.1 Å². The van der Waals surface area contributed by atoms with E-state index >= 15 is 0 Å². The monoisotopic (exact) mass is 281 g/mol. The highest BCUT2D eigenvalue weighted by Gasteiger charge is 2.12. The molecule has 0 radical (unpaired) electrons. The van der Waals surface area contributed by atoms with Gasteiger partial charge in [0.2, 0.25) is 0 Å². The summed E-state index contributed by atoms with van der Waals surface area (Å²) in [7, 11) is 6.17. The van der Waals surface area contributed by atoms with Crippen molar-refractivity contribution in [2.45, 2.75) is 32.9 Å². The Labute approximate surface area is 122 Å². The fourth-order valence-corrected chi connectivity index (χ4v) is 2.13. The van der Waals surface area contributed by atoms with Gasteiger partial charge in [-0.25, -0.2) is 4.39 Å². The van der Waals surface area contributed by atoms with Crippen LogP contribution in [0.1, 0.15) is 25.8 Å². The molecule has 1 rings (SSSR count). The highest BCUT2D eigenvalue weighted by Crippen LogP contribution is 2.22. The Hall–Kier alpha value is -1.13. The predicted molar refractivity (Wildman–Crippen MR) is 84.8 cm³/mol. The lowest BCUT2D eigenvalue weighted by molar-refractivity contribution is 0.401.